The first-order chi connectivity index (χ1) is 13.7. The molecular formula is C22H21N3O3. The number of amides is 1. The summed E-state index contributed by atoms with van der Waals surface area (Å²) in [5, 5.41) is 5.60. The maximum atomic E-state index is 13.3. The molecule has 0 spiro atoms. The molecule has 0 unspecified atom stereocenters. The summed E-state index contributed by atoms with van der Waals surface area (Å²) in [6, 6.07) is 13.2. The summed E-state index contributed by atoms with van der Waals surface area (Å²) < 4.78 is 13.3. The highest BCUT2D eigenvalue weighted by Gasteiger charge is 2.26. The normalized spacial score (nSPS) is 13.2. The summed E-state index contributed by atoms with van der Waals surface area (Å²) in [4.78, 5) is 15.1. The van der Waals surface area contributed by atoms with E-state index in [2.05, 4.69) is 5.10 Å². The second-order valence-electron chi connectivity index (χ2n) is 7.24. The van der Waals surface area contributed by atoms with E-state index < -0.39 is 0 Å². The summed E-state index contributed by atoms with van der Waals surface area (Å²) in [5.74, 6) is 0.905. The van der Waals surface area contributed by atoms with Gasteiger partial charge in [0.15, 0.2) is 5.76 Å². The van der Waals surface area contributed by atoms with Crippen LogP contribution in [0.25, 0.3) is 11.0 Å². The van der Waals surface area contributed by atoms with Gasteiger partial charge in [0, 0.05) is 18.1 Å². The average Bonchev–Trinajstić information content (AvgIpc) is 3.47. The molecular weight excluding hydrogens is 354 g/mol. The third kappa shape index (κ3) is 2.91. The Morgan fingerprint density at radius 3 is 2.89 bits per heavy atom. The van der Waals surface area contributed by atoms with Gasteiger partial charge < -0.3 is 13.7 Å². The molecule has 4 aromatic rings. The molecule has 3 heterocycles. The van der Waals surface area contributed by atoms with Gasteiger partial charge in [0.25, 0.3) is 5.91 Å². The fourth-order valence-electron chi connectivity index (χ4n) is 4.04. The lowest BCUT2D eigenvalue weighted by atomic mass is 10.2. The van der Waals surface area contributed by atoms with Crippen molar-refractivity contribution in [3.63, 3.8) is 0 Å². The van der Waals surface area contributed by atoms with Crippen LogP contribution in [0.15, 0.2) is 57.6 Å². The second-order valence-corrected chi connectivity index (χ2v) is 7.24. The molecule has 1 amide bonds. The third-order valence-electron chi connectivity index (χ3n) is 5.39. The molecule has 0 atom stereocenters. The van der Waals surface area contributed by atoms with Crippen LogP contribution in [0.5, 0.6) is 0 Å². The summed E-state index contributed by atoms with van der Waals surface area (Å²) >= 11 is 0. The number of aryl methyl sites for hydroxylation is 1. The third-order valence-corrected chi connectivity index (χ3v) is 5.39. The number of hydrogen-bond donors (Lipinski definition) is 0. The van der Waals surface area contributed by atoms with Gasteiger partial charge in [-0.3, -0.25) is 9.48 Å². The number of rotatable bonds is 5. The van der Waals surface area contributed by atoms with Gasteiger partial charge in [-0.2, -0.15) is 5.10 Å². The quantitative estimate of drug-likeness (QED) is 0.527. The van der Waals surface area contributed by atoms with Crippen molar-refractivity contribution >= 4 is 16.9 Å². The van der Waals surface area contributed by atoms with Gasteiger partial charge in [-0.1, -0.05) is 18.2 Å². The highest BCUT2D eigenvalue weighted by atomic mass is 16.3. The number of fused-ring (bicyclic) bond motifs is 2. The predicted octanol–water partition coefficient (Wildman–Crippen LogP) is 4.09. The maximum absolute atomic E-state index is 13.3. The average molecular weight is 375 g/mol. The van der Waals surface area contributed by atoms with Crippen LogP contribution < -0.4 is 0 Å². The van der Waals surface area contributed by atoms with E-state index in [0.717, 1.165) is 36.1 Å². The monoisotopic (exact) mass is 375 g/mol. The predicted molar refractivity (Wildman–Crippen MR) is 104 cm³/mol. The summed E-state index contributed by atoms with van der Waals surface area (Å²) in [6.07, 6.45) is 4.84. The summed E-state index contributed by atoms with van der Waals surface area (Å²) in [7, 11) is 1.98. The van der Waals surface area contributed by atoms with Crippen molar-refractivity contribution in [1.82, 2.24) is 14.7 Å². The van der Waals surface area contributed by atoms with Crippen LogP contribution in [0.2, 0.25) is 0 Å². The van der Waals surface area contributed by atoms with Crippen LogP contribution in [0.4, 0.5) is 0 Å². The summed E-state index contributed by atoms with van der Waals surface area (Å²) in [5.41, 5.74) is 4.24. The van der Waals surface area contributed by atoms with Crippen molar-refractivity contribution in [2.75, 3.05) is 0 Å². The van der Waals surface area contributed by atoms with Crippen molar-refractivity contribution in [3.8, 4) is 0 Å². The van der Waals surface area contributed by atoms with E-state index in [1.54, 1.807) is 17.2 Å². The molecule has 0 saturated heterocycles. The Kier molecular flexibility index (Phi) is 4.04. The Balaban J connectivity index is 1.49. The van der Waals surface area contributed by atoms with Crippen LogP contribution in [-0.4, -0.2) is 20.6 Å². The van der Waals surface area contributed by atoms with Crippen LogP contribution >= 0.6 is 0 Å². The molecule has 1 aliphatic rings. The molecule has 1 aliphatic carbocycles. The largest absolute Gasteiger partial charge is 0.467 e. The first-order valence-electron chi connectivity index (χ1n) is 9.53. The molecule has 142 valence electrons. The van der Waals surface area contributed by atoms with Gasteiger partial charge in [0.2, 0.25) is 0 Å². The molecule has 3 aromatic heterocycles. The van der Waals surface area contributed by atoms with Crippen molar-refractivity contribution in [1.29, 1.82) is 0 Å². The number of para-hydroxylation sites is 1. The Labute approximate surface area is 162 Å². The lowest BCUT2D eigenvalue weighted by molar-refractivity contribution is 0.0684. The number of furan rings is 2. The first-order valence-corrected chi connectivity index (χ1v) is 9.53. The van der Waals surface area contributed by atoms with Gasteiger partial charge >= 0.3 is 0 Å². The van der Waals surface area contributed by atoms with Crippen LogP contribution in [0, 0.1) is 0 Å². The first kappa shape index (κ1) is 16.9. The molecule has 5 rings (SSSR count). The second kappa shape index (κ2) is 6.71. The molecule has 1 aromatic carbocycles. The standard InChI is InChI=1S/C22H21N3O3/c1-24-19-9-4-8-17(19)18(23-24)14-25(13-16-7-5-11-27-16)22(26)21-12-15-6-2-3-10-20(15)28-21/h2-3,5-7,10-12H,4,8-9,13-14H2,1H3. The summed E-state index contributed by atoms with van der Waals surface area (Å²) in [6.45, 7) is 0.800. The van der Waals surface area contributed by atoms with Crippen LogP contribution in [0.3, 0.4) is 0 Å². The Morgan fingerprint density at radius 1 is 1.18 bits per heavy atom. The maximum Gasteiger partial charge on any atom is 0.290 e. The number of carbonyl (C=O) groups excluding carboxylic acids is 1. The van der Waals surface area contributed by atoms with Crippen molar-refractivity contribution in [2.45, 2.75) is 32.4 Å². The fourth-order valence-corrected chi connectivity index (χ4v) is 4.04. The van der Waals surface area contributed by atoms with E-state index >= 15 is 0 Å². The van der Waals surface area contributed by atoms with E-state index in [4.69, 9.17) is 8.83 Å². The molecule has 6 heteroatoms. The minimum Gasteiger partial charge on any atom is -0.467 e. The molecule has 0 N–H and O–H groups in total. The number of benzene rings is 1. The van der Waals surface area contributed by atoms with Gasteiger partial charge in [-0.15, -0.1) is 0 Å². The van der Waals surface area contributed by atoms with Crippen LogP contribution in [0.1, 0.15) is 39.7 Å². The molecule has 0 radical (unpaired) electrons. The highest BCUT2D eigenvalue weighted by Crippen LogP contribution is 2.27. The Morgan fingerprint density at radius 2 is 2.07 bits per heavy atom. The molecule has 0 fully saturated rings. The van der Waals surface area contributed by atoms with Gasteiger partial charge in [0.05, 0.1) is 25.0 Å². The molecule has 28 heavy (non-hydrogen) atoms. The van der Waals surface area contributed by atoms with Crippen molar-refractivity contribution in [2.24, 2.45) is 7.05 Å². The van der Waals surface area contributed by atoms with E-state index in [9.17, 15) is 4.79 Å². The number of hydrogen-bond acceptors (Lipinski definition) is 4. The molecule has 0 bridgehead atoms. The van der Waals surface area contributed by atoms with Crippen molar-refractivity contribution < 1.29 is 13.6 Å². The molecule has 6 nitrogen and oxygen atoms in total. The lowest BCUT2D eigenvalue weighted by Crippen LogP contribution is -2.30. The fraction of sp³-hybridized carbons (Fsp3) is 0.273. The lowest BCUT2D eigenvalue weighted by Gasteiger charge is -2.20. The zero-order valence-corrected chi connectivity index (χ0v) is 15.7. The van der Waals surface area contributed by atoms with Gasteiger partial charge in [-0.25, -0.2) is 0 Å². The van der Waals surface area contributed by atoms with Gasteiger partial charge in [0.1, 0.15) is 11.3 Å². The zero-order chi connectivity index (χ0) is 19.1. The van der Waals surface area contributed by atoms with Gasteiger partial charge in [-0.05, 0) is 49.1 Å². The minimum absolute atomic E-state index is 0.162. The Bertz CT molecular complexity index is 1100. The van der Waals surface area contributed by atoms with E-state index in [1.165, 1.54) is 11.3 Å². The van der Waals surface area contributed by atoms with E-state index in [-0.39, 0.29) is 5.91 Å². The number of nitrogens with zero attached hydrogens (tertiary/aromatic N) is 3. The van der Waals surface area contributed by atoms with Crippen LogP contribution in [-0.2, 0) is 33.0 Å². The van der Waals surface area contributed by atoms with E-state index in [1.807, 2.05) is 48.1 Å². The zero-order valence-electron chi connectivity index (χ0n) is 15.7. The smallest absolute Gasteiger partial charge is 0.290 e. The minimum atomic E-state index is -0.162. The van der Waals surface area contributed by atoms with Crippen molar-refractivity contribution in [3.05, 3.63) is 77.2 Å². The highest BCUT2D eigenvalue weighted by molar-refractivity contribution is 5.96. The Hall–Kier alpha value is -3.28. The topological polar surface area (TPSA) is 64.4 Å². The molecule has 0 aliphatic heterocycles. The van der Waals surface area contributed by atoms with E-state index in [0.29, 0.717) is 24.4 Å². The number of carbonyl (C=O) groups is 1. The molecule has 0 saturated carbocycles. The number of aromatic nitrogens is 2. The SMILES string of the molecule is Cn1nc(CN(Cc2ccco2)C(=O)c2cc3ccccc3o2)c2c1CCC2.